The predicted octanol–water partition coefficient (Wildman–Crippen LogP) is 3.33. The molecule has 0 saturated heterocycles. The molecule has 13 heavy (non-hydrogen) atoms. The van der Waals surface area contributed by atoms with Crippen LogP contribution in [0.25, 0.3) is 0 Å². The first-order valence-electron chi connectivity index (χ1n) is 5.01. The molecule has 0 amide bonds. The fourth-order valence-corrected chi connectivity index (χ4v) is 3.21. The maximum absolute atomic E-state index is 6.29. The molecule has 1 fully saturated rings. The minimum Gasteiger partial charge on any atom is -0.323 e. The molecule has 1 nitrogen and oxygen atoms in total. The molecule has 1 unspecified atom stereocenters. The van der Waals surface area contributed by atoms with Crippen molar-refractivity contribution in [3.05, 3.63) is 22.4 Å². The summed E-state index contributed by atoms with van der Waals surface area (Å²) in [5.74, 6) is 0. The lowest BCUT2D eigenvalue weighted by atomic mass is 9.80. The van der Waals surface area contributed by atoms with E-state index < -0.39 is 0 Å². The maximum Gasteiger partial charge on any atom is 0.0444 e. The predicted molar refractivity (Wildman–Crippen MR) is 57.8 cm³/mol. The lowest BCUT2D eigenvalue weighted by Crippen LogP contribution is -2.28. The molecule has 2 N–H and O–H groups in total. The van der Waals surface area contributed by atoms with Gasteiger partial charge in [0, 0.05) is 10.9 Å². The highest BCUT2D eigenvalue weighted by molar-refractivity contribution is 7.10. The van der Waals surface area contributed by atoms with Crippen LogP contribution < -0.4 is 5.73 Å². The first kappa shape index (κ1) is 9.22. The van der Waals surface area contributed by atoms with Crippen LogP contribution in [0.4, 0.5) is 0 Å². The summed E-state index contributed by atoms with van der Waals surface area (Å²) in [6.07, 6.45) is 5.31. The van der Waals surface area contributed by atoms with Crippen LogP contribution >= 0.6 is 11.3 Å². The van der Waals surface area contributed by atoms with Crippen molar-refractivity contribution in [2.45, 2.75) is 38.6 Å². The van der Waals surface area contributed by atoms with Gasteiger partial charge in [-0.2, -0.15) is 0 Å². The van der Waals surface area contributed by atoms with E-state index in [1.807, 2.05) is 0 Å². The van der Waals surface area contributed by atoms with Gasteiger partial charge in [-0.15, -0.1) is 11.3 Å². The molecule has 1 heterocycles. The molecule has 0 bridgehead atoms. The first-order chi connectivity index (χ1) is 6.22. The monoisotopic (exact) mass is 195 g/mol. The summed E-state index contributed by atoms with van der Waals surface area (Å²) in [7, 11) is 0. The molecule has 1 atom stereocenters. The minimum absolute atomic E-state index is 0.259. The van der Waals surface area contributed by atoms with E-state index in [0.717, 1.165) is 0 Å². The highest BCUT2D eigenvalue weighted by atomic mass is 32.1. The summed E-state index contributed by atoms with van der Waals surface area (Å²) >= 11 is 1.79. The quantitative estimate of drug-likeness (QED) is 0.769. The maximum atomic E-state index is 6.29. The van der Waals surface area contributed by atoms with Gasteiger partial charge < -0.3 is 5.73 Å². The smallest absolute Gasteiger partial charge is 0.0444 e. The fourth-order valence-electron chi connectivity index (χ4n) is 2.31. The SMILES string of the molecule is CC1(C(N)c2cccs2)CCCC1. The molecule has 1 aliphatic carbocycles. The zero-order valence-electron chi connectivity index (χ0n) is 8.12. The molecule has 0 spiro atoms. The van der Waals surface area contributed by atoms with Gasteiger partial charge >= 0.3 is 0 Å². The summed E-state index contributed by atoms with van der Waals surface area (Å²) in [5.41, 5.74) is 6.66. The van der Waals surface area contributed by atoms with Gasteiger partial charge in [0.25, 0.3) is 0 Å². The van der Waals surface area contributed by atoms with Crippen LogP contribution in [0, 0.1) is 5.41 Å². The van der Waals surface area contributed by atoms with Gasteiger partial charge in [0.05, 0.1) is 0 Å². The second-order valence-electron chi connectivity index (χ2n) is 4.35. The standard InChI is InChI=1S/C11H17NS/c1-11(6-2-3-7-11)10(12)9-5-4-8-13-9/h4-5,8,10H,2-3,6-7,12H2,1H3. The van der Waals surface area contributed by atoms with Crippen molar-refractivity contribution >= 4 is 11.3 Å². The van der Waals surface area contributed by atoms with E-state index in [1.54, 1.807) is 11.3 Å². The number of rotatable bonds is 2. The van der Waals surface area contributed by atoms with E-state index in [-0.39, 0.29) is 6.04 Å². The molecule has 2 heteroatoms. The molecule has 1 aromatic rings. The zero-order chi connectivity index (χ0) is 9.31. The van der Waals surface area contributed by atoms with Crippen molar-refractivity contribution in [1.29, 1.82) is 0 Å². The number of thiophene rings is 1. The highest BCUT2D eigenvalue weighted by Crippen LogP contribution is 2.46. The Morgan fingerprint density at radius 3 is 2.69 bits per heavy atom. The largest absolute Gasteiger partial charge is 0.323 e. The third-order valence-corrected chi connectivity index (χ3v) is 4.30. The summed E-state index contributed by atoms with van der Waals surface area (Å²) in [6.45, 7) is 2.34. The molecule has 2 rings (SSSR count). The Labute approximate surface area is 84.0 Å². The van der Waals surface area contributed by atoms with Crippen molar-refractivity contribution in [3.63, 3.8) is 0 Å². The van der Waals surface area contributed by atoms with Crippen LogP contribution in [-0.2, 0) is 0 Å². The highest BCUT2D eigenvalue weighted by Gasteiger charge is 2.35. The van der Waals surface area contributed by atoms with Gasteiger partial charge in [-0.3, -0.25) is 0 Å². The van der Waals surface area contributed by atoms with Crippen LogP contribution in [-0.4, -0.2) is 0 Å². The van der Waals surface area contributed by atoms with Gasteiger partial charge in [0.1, 0.15) is 0 Å². The van der Waals surface area contributed by atoms with Gasteiger partial charge in [0.2, 0.25) is 0 Å². The van der Waals surface area contributed by atoms with Crippen LogP contribution in [0.1, 0.15) is 43.5 Å². The third kappa shape index (κ3) is 1.65. The topological polar surface area (TPSA) is 26.0 Å². The van der Waals surface area contributed by atoms with Crippen LogP contribution in [0.15, 0.2) is 17.5 Å². The lowest BCUT2D eigenvalue weighted by Gasteiger charge is -2.30. The molecule has 1 aliphatic rings. The first-order valence-corrected chi connectivity index (χ1v) is 5.89. The summed E-state index contributed by atoms with van der Waals surface area (Å²) in [4.78, 5) is 1.35. The molecular weight excluding hydrogens is 178 g/mol. The summed E-state index contributed by atoms with van der Waals surface area (Å²) in [6, 6.07) is 4.52. The summed E-state index contributed by atoms with van der Waals surface area (Å²) < 4.78 is 0. The van der Waals surface area contributed by atoms with E-state index in [0.29, 0.717) is 5.41 Å². The fraction of sp³-hybridized carbons (Fsp3) is 0.636. The Bertz CT molecular complexity index is 260. The van der Waals surface area contributed by atoms with Crippen molar-refractivity contribution in [2.24, 2.45) is 11.1 Å². The van der Waals surface area contributed by atoms with Crippen LogP contribution in [0.3, 0.4) is 0 Å². The van der Waals surface area contributed by atoms with E-state index in [2.05, 4.69) is 24.4 Å². The molecule has 0 aromatic carbocycles. The molecule has 1 aromatic heterocycles. The van der Waals surface area contributed by atoms with Crippen LogP contribution in [0.5, 0.6) is 0 Å². The number of hydrogen-bond donors (Lipinski definition) is 1. The number of nitrogens with two attached hydrogens (primary N) is 1. The average Bonchev–Trinajstić information content (AvgIpc) is 2.73. The molecule has 0 radical (unpaired) electrons. The number of hydrogen-bond acceptors (Lipinski definition) is 2. The average molecular weight is 195 g/mol. The van der Waals surface area contributed by atoms with E-state index in [9.17, 15) is 0 Å². The van der Waals surface area contributed by atoms with Gasteiger partial charge in [-0.1, -0.05) is 25.8 Å². The summed E-state index contributed by atoms with van der Waals surface area (Å²) in [5, 5.41) is 2.12. The van der Waals surface area contributed by atoms with Crippen molar-refractivity contribution < 1.29 is 0 Å². The van der Waals surface area contributed by atoms with E-state index >= 15 is 0 Å². The zero-order valence-corrected chi connectivity index (χ0v) is 8.94. The Morgan fingerprint density at radius 2 is 2.15 bits per heavy atom. The molecule has 0 aliphatic heterocycles. The Kier molecular flexibility index (Phi) is 2.43. The molecule has 1 saturated carbocycles. The lowest BCUT2D eigenvalue weighted by molar-refractivity contribution is 0.268. The van der Waals surface area contributed by atoms with E-state index in [1.165, 1.54) is 30.6 Å². The van der Waals surface area contributed by atoms with Gasteiger partial charge in [0.15, 0.2) is 0 Å². The van der Waals surface area contributed by atoms with Gasteiger partial charge in [-0.05, 0) is 29.7 Å². The van der Waals surface area contributed by atoms with Crippen molar-refractivity contribution in [1.82, 2.24) is 0 Å². The minimum atomic E-state index is 0.259. The molecular formula is C11H17NS. The normalized spacial score (nSPS) is 23.2. The third-order valence-electron chi connectivity index (χ3n) is 3.35. The van der Waals surface area contributed by atoms with E-state index in [4.69, 9.17) is 5.73 Å². The Balaban J connectivity index is 2.16. The van der Waals surface area contributed by atoms with Crippen LogP contribution in [0.2, 0.25) is 0 Å². The Morgan fingerprint density at radius 1 is 1.46 bits per heavy atom. The molecule has 72 valence electrons. The Hall–Kier alpha value is -0.340. The van der Waals surface area contributed by atoms with Crippen molar-refractivity contribution in [3.8, 4) is 0 Å². The second kappa shape index (κ2) is 3.43. The second-order valence-corrected chi connectivity index (χ2v) is 5.33. The van der Waals surface area contributed by atoms with Crippen molar-refractivity contribution in [2.75, 3.05) is 0 Å². The van der Waals surface area contributed by atoms with Gasteiger partial charge in [-0.25, -0.2) is 0 Å².